The summed E-state index contributed by atoms with van der Waals surface area (Å²) in [6.45, 7) is 13.0. The summed E-state index contributed by atoms with van der Waals surface area (Å²) in [5.74, 6) is 6.09. The van der Waals surface area contributed by atoms with Crippen LogP contribution in [0.25, 0.3) is 0 Å². The number of carbonyl (C=O) groups is 3. The van der Waals surface area contributed by atoms with Crippen LogP contribution in [0.5, 0.6) is 0 Å². The first-order chi connectivity index (χ1) is 14.9. The van der Waals surface area contributed by atoms with E-state index in [1.54, 1.807) is 4.90 Å². The molecule has 0 spiro atoms. The van der Waals surface area contributed by atoms with Crippen molar-refractivity contribution in [2.45, 2.75) is 26.3 Å². The van der Waals surface area contributed by atoms with Crippen LogP contribution in [0.4, 0.5) is 5.69 Å². The first-order valence-corrected chi connectivity index (χ1v) is 10.1. The van der Waals surface area contributed by atoms with Gasteiger partial charge in [0.15, 0.2) is 0 Å². The average molecular weight is 422 g/mol. The molecule has 2 aromatic rings. The van der Waals surface area contributed by atoms with Crippen LogP contribution >= 0.6 is 0 Å². The Bertz CT molecular complexity index is 999. The molecular formula is C26H27LiN2O3-2. The number of nitrogens with zero attached hydrogens (tertiary/aromatic N) is 2. The maximum Gasteiger partial charge on any atom is 1.00 e. The SMILES string of the molecule is [CH2-]C(C)=O.[CH2-]CN(C[CH2-])C(=O)CCC(=O)N1Cc2ccccc2C#Cc2ccccc21.[Li+]. The number of ketones is 1. The summed E-state index contributed by atoms with van der Waals surface area (Å²) in [7, 11) is 0. The molecule has 0 aromatic heterocycles. The summed E-state index contributed by atoms with van der Waals surface area (Å²) in [4.78, 5) is 37.8. The van der Waals surface area contributed by atoms with E-state index in [4.69, 9.17) is 0 Å². The number of anilines is 1. The van der Waals surface area contributed by atoms with Gasteiger partial charge in [0.25, 0.3) is 0 Å². The van der Waals surface area contributed by atoms with Gasteiger partial charge in [-0.25, -0.2) is 0 Å². The molecule has 162 valence electrons. The maximum absolute atomic E-state index is 13.0. The van der Waals surface area contributed by atoms with E-state index in [1.807, 2.05) is 48.5 Å². The van der Waals surface area contributed by atoms with E-state index in [0.29, 0.717) is 19.6 Å². The van der Waals surface area contributed by atoms with Crippen LogP contribution < -0.4 is 23.8 Å². The summed E-state index contributed by atoms with van der Waals surface area (Å²) in [5.41, 5.74) is 3.50. The molecule has 0 fully saturated rings. The molecule has 0 bridgehead atoms. The first kappa shape index (κ1) is 27.1. The van der Waals surface area contributed by atoms with Gasteiger partial charge in [-0.1, -0.05) is 42.2 Å². The second-order valence-corrected chi connectivity index (χ2v) is 6.99. The molecule has 5 nitrogen and oxygen atoms in total. The molecule has 2 amide bonds. The van der Waals surface area contributed by atoms with Crippen LogP contribution in [0, 0.1) is 32.6 Å². The minimum Gasteiger partial charge on any atom is -0.403 e. The normalized spacial score (nSPS) is 10.9. The summed E-state index contributed by atoms with van der Waals surface area (Å²) >= 11 is 0. The van der Waals surface area contributed by atoms with E-state index in [9.17, 15) is 14.4 Å². The van der Waals surface area contributed by atoms with Crippen molar-refractivity contribution in [3.63, 3.8) is 0 Å². The molecule has 0 N–H and O–H groups in total. The largest absolute Gasteiger partial charge is 1.00 e. The Balaban J connectivity index is 0.000000945. The van der Waals surface area contributed by atoms with Crippen LogP contribution in [-0.2, 0) is 20.9 Å². The van der Waals surface area contributed by atoms with E-state index in [-0.39, 0.29) is 49.3 Å². The van der Waals surface area contributed by atoms with Gasteiger partial charge in [-0.15, -0.1) is 13.1 Å². The summed E-state index contributed by atoms with van der Waals surface area (Å²) in [6.07, 6.45) is 0.287. The van der Waals surface area contributed by atoms with Crippen molar-refractivity contribution in [3.05, 3.63) is 86.0 Å². The van der Waals surface area contributed by atoms with E-state index < -0.39 is 0 Å². The monoisotopic (exact) mass is 422 g/mol. The molecule has 3 rings (SSSR count). The predicted octanol–water partition coefficient (Wildman–Crippen LogP) is 0.623. The standard InChI is InChI=1S/C23H22N2O2.C3H5O.Li/c1-3-24(4-2)22(26)15-16-23(27)25-17-20-11-6-5-9-18(20)13-14-19-10-7-8-12-21(19)25;1-3(2)4;/h5-12H,1-4,15-17H2;1H2,2H3;/q-2;-1;+1. The van der Waals surface area contributed by atoms with Crippen molar-refractivity contribution < 1.29 is 33.2 Å². The van der Waals surface area contributed by atoms with E-state index in [1.165, 1.54) is 11.8 Å². The van der Waals surface area contributed by atoms with E-state index in [2.05, 4.69) is 32.6 Å². The fraction of sp³-hybridized carbons (Fsp3) is 0.231. The summed E-state index contributed by atoms with van der Waals surface area (Å²) in [5, 5.41) is 0. The zero-order valence-corrected chi connectivity index (χ0v) is 18.9. The third kappa shape index (κ3) is 7.64. The molecule has 0 aliphatic carbocycles. The van der Waals surface area contributed by atoms with Crippen molar-refractivity contribution >= 4 is 23.3 Å². The first-order valence-electron chi connectivity index (χ1n) is 10.1. The maximum atomic E-state index is 13.0. The van der Waals surface area contributed by atoms with Crippen molar-refractivity contribution in [1.82, 2.24) is 4.90 Å². The summed E-state index contributed by atoms with van der Waals surface area (Å²) < 4.78 is 0. The molecule has 0 atom stereocenters. The third-order valence-corrected chi connectivity index (χ3v) is 4.62. The topological polar surface area (TPSA) is 57.7 Å². The van der Waals surface area contributed by atoms with Crippen molar-refractivity contribution in [3.8, 4) is 11.8 Å². The smallest absolute Gasteiger partial charge is 0.403 e. The molecule has 0 saturated carbocycles. The second kappa shape index (κ2) is 13.5. The molecule has 2 aromatic carbocycles. The van der Waals surface area contributed by atoms with Gasteiger partial charge in [0.1, 0.15) is 0 Å². The number of hydrogen-bond acceptors (Lipinski definition) is 3. The number of Topliss-reactive ketones (excluding diaryl/α,β-unsaturated/α-hetero) is 1. The Morgan fingerprint density at radius 1 is 0.938 bits per heavy atom. The van der Waals surface area contributed by atoms with Crippen LogP contribution in [0.1, 0.15) is 36.5 Å². The molecule has 1 aliphatic rings. The van der Waals surface area contributed by atoms with Gasteiger partial charge in [0.2, 0.25) is 11.8 Å². The minimum atomic E-state index is -0.103. The average Bonchev–Trinajstić information content (AvgIpc) is 2.74. The number of hydrogen-bond donors (Lipinski definition) is 0. The molecule has 0 saturated heterocycles. The number of carbonyl (C=O) groups excluding carboxylic acids is 3. The Morgan fingerprint density at radius 2 is 1.47 bits per heavy atom. The van der Waals surface area contributed by atoms with Crippen molar-refractivity contribution in [2.75, 3.05) is 18.0 Å². The van der Waals surface area contributed by atoms with Crippen LogP contribution in [0.3, 0.4) is 0 Å². The fourth-order valence-electron chi connectivity index (χ4n) is 3.08. The quantitative estimate of drug-likeness (QED) is 0.403. The third-order valence-electron chi connectivity index (χ3n) is 4.62. The zero-order chi connectivity index (χ0) is 22.8. The Hall–Kier alpha value is -2.92. The van der Waals surface area contributed by atoms with Gasteiger partial charge in [-0.05, 0) is 36.5 Å². The summed E-state index contributed by atoms with van der Waals surface area (Å²) in [6, 6.07) is 15.4. The number of amides is 2. The van der Waals surface area contributed by atoms with Crippen molar-refractivity contribution in [2.24, 2.45) is 0 Å². The number of benzene rings is 2. The van der Waals surface area contributed by atoms with Gasteiger partial charge >= 0.3 is 18.9 Å². The second-order valence-electron chi connectivity index (χ2n) is 6.99. The van der Waals surface area contributed by atoms with Crippen molar-refractivity contribution in [1.29, 1.82) is 0 Å². The van der Waals surface area contributed by atoms with Gasteiger partial charge in [-0.2, -0.15) is 0 Å². The zero-order valence-electron chi connectivity index (χ0n) is 18.9. The number of rotatable bonds is 5. The van der Waals surface area contributed by atoms with Crippen LogP contribution in [0.2, 0.25) is 0 Å². The number of fused-ring (bicyclic) bond motifs is 2. The molecule has 32 heavy (non-hydrogen) atoms. The van der Waals surface area contributed by atoms with Gasteiger partial charge in [0, 0.05) is 24.0 Å². The Morgan fingerprint density at radius 3 is 2.09 bits per heavy atom. The molecule has 1 heterocycles. The Kier molecular flexibility index (Phi) is 11.4. The van der Waals surface area contributed by atoms with E-state index in [0.717, 1.165) is 22.4 Å². The van der Waals surface area contributed by atoms with Crippen LogP contribution in [0.15, 0.2) is 48.5 Å². The molecular weight excluding hydrogens is 395 g/mol. The molecule has 1 aliphatic heterocycles. The minimum absolute atomic E-state index is 0. The number of para-hydroxylation sites is 1. The van der Waals surface area contributed by atoms with Gasteiger partial charge in [0.05, 0.1) is 12.2 Å². The van der Waals surface area contributed by atoms with Gasteiger partial charge < -0.3 is 35.4 Å². The predicted molar refractivity (Wildman–Crippen MR) is 123 cm³/mol. The molecule has 6 heteroatoms. The molecule has 0 unspecified atom stereocenters. The van der Waals surface area contributed by atoms with Crippen LogP contribution in [-0.4, -0.2) is 35.6 Å². The van der Waals surface area contributed by atoms with Gasteiger partial charge in [-0.3, -0.25) is 9.59 Å². The molecule has 0 radical (unpaired) electrons. The fourth-order valence-corrected chi connectivity index (χ4v) is 3.08. The van der Waals surface area contributed by atoms with E-state index >= 15 is 0 Å². The Labute approximate surface area is 203 Å².